The van der Waals surface area contributed by atoms with Crippen molar-refractivity contribution in [2.75, 3.05) is 13.7 Å². The highest BCUT2D eigenvalue weighted by atomic mass is 16.6. The van der Waals surface area contributed by atoms with Crippen molar-refractivity contribution in [1.82, 2.24) is 10.2 Å². The Kier molecular flexibility index (Phi) is 4.88. The molecule has 1 saturated carbocycles. The first-order chi connectivity index (χ1) is 10.9. The Labute approximate surface area is 140 Å². The molecule has 1 unspecified atom stereocenters. The van der Waals surface area contributed by atoms with Gasteiger partial charge in [0.25, 0.3) is 0 Å². The van der Waals surface area contributed by atoms with Crippen molar-refractivity contribution in [2.45, 2.75) is 89.1 Å². The van der Waals surface area contributed by atoms with Crippen LogP contribution in [0, 0.1) is 5.92 Å². The number of hydrogen-bond donors (Lipinski definition) is 1. The van der Waals surface area contributed by atoms with Crippen molar-refractivity contribution >= 4 is 6.09 Å². The highest BCUT2D eigenvalue weighted by molar-refractivity contribution is 5.69. The van der Waals surface area contributed by atoms with Crippen molar-refractivity contribution in [3.8, 4) is 0 Å². The van der Waals surface area contributed by atoms with Crippen molar-refractivity contribution < 1.29 is 14.3 Å². The largest absolute Gasteiger partial charge is 0.444 e. The lowest BCUT2D eigenvalue weighted by Crippen LogP contribution is -2.54. The van der Waals surface area contributed by atoms with Gasteiger partial charge in [0.15, 0.2) is 0 Å². The lowest BCUT2D eigenvalue weighted by Gasteiger charge is -2.40. The zero-order valence-electron chi connectivity index (χ0n) is 15.0. The molecule has 0 aromatic carbocycles. The van der Waals surface area contributed by atoms with Crippen molar-refractivity contribution in [2.24, 2.45) is 5.92 Å². The van der Waals surface area contributed by atoms with Gasteiger partial charge in [-0.05, 0) is 65.2 Å². The molecule has 5 nitrogen and oxygen atoms in total. The van der Waals surface area contributed by atoms with E-state index in [9.17, 15) is 4.79 Å². The fraction of sp³-hybridized carbons (Fsp3) is 0.944. The topological polar surface area (TPSA) is 50.8 Å². The third-order valence-electron chi connectivity index (χ3n) is 5.32. The van der Waals surface area contributed by atoms with Crippen LogP contribution in [-0.4, -0.2) is 54.5 Å². The molecule has 0 spiro atoms. The molecule has 2 aliphatic heterocycles. The fourth-order valence-corrected chi connectivity index (χ4v) is 4.23. The number of amides is 1. The van der Waals surface area contributed by atoms with E-state index in [0.717, 1.165) is 38.2 Å². The number of carbonyl (C=O) groups excluding carboxylic acids is 1. The molecule has 4 atom stereocenters. The van der Waals surface area contributed by atoms with Gasteiger partial charge in [-0.1, -0.05) is 0 Å². The number of rotatable bonds is 5. The van der Waals surface area contributed by atoms with Crippen molar-refractivity contribution in [1.29, 1.82) is 0 Å². The van der Waals surface area contributed by atoms with E-state index >= 15 is 0 Å². The quantitative estimate of drug-likeness (QED) is 0.845. The summed E-state index contributed by atoms with van der Waals surface area (Å²) in [6.07, 6.45) is 6.83. The number of nitrogens with zero attached hydrogens (tertiary/aromatic N) is 1. The molecule has 132 valence electrons. The number of nitrogens with one attached hydrogen (secondary N) is 1. The lowest BCUT2D eigenvalue weighted by molar-refractivity contribution is 0.00350. The van der Waals surface area contributed by atoms with Crippen LogP contribution in [0.4, 0.5) is 4.79 Å². The fourth-order valence-electron chi connectivity index (χ4n) is 4.23. The molecule has 3 fully saturated rings. The van der Waals surface area contributed by atoms with E-state index in [1.165, 1.54) is 12.8 Å². The standard InChI is InChI=1S/C18H32N2O3/c1-18(2,3)23-17(21)20-14-7-8-15(20)10-13(9-14)19-16(11-22-4)12-5-6-12/h12-16,19H,5-11H2,1-4H3/t13?,14-,15+,16-/m1/s1. The van der Waals surface area contributed by atoms with Crippen LogP contribution in [0.5, 0.6) is 0 Å². The van der Waals surface area contributed by atoms with Gasteiger partial charge in [-0.3, -0.25) is 0 Å². The van der Waals surface area contributed by atoms with Gasteiger partial charge >= 0.3 is 6.09 Å². The maximum Gasteiger partial charge on any atom is 0.410 e. The van der Waals surface area contributed by atoms with E-state index < -0.39 is 5.60 Å². The Balaban J connectivity index is 1.57. The molecule has 0 radical (unpaired) electrons. The van der Waals surface area contributed by atoms with Gasteiger partial charge in [0.1, 0.15) is 5.60 Å². The van der Waals surface area contributed by atoms with Gasteiger partial charge < -0.3 is 19.7 Å². The minimum absolute atomic E-state index is 0.126. The molecule has 3 aliphatic rings. The van der Waals surface area contributed by atoms with Crippen LogP contribution >= 0.6 is 0 Å². The van der Waals surface area contributed by atoms with E-state index in [-0.39, 0.29) is 6.09 Å². The number of methoxy groups -OCH3 is 1. The average molecular weight is 324 g/mol. The van der Waals surface area contributed by atoms with E-state index in [4.69, 9.17) is 9.47 Å². The maximum atomic E-state index is 12.5. The molecule has 0 aromatic heterocycles. The molecule has 2 bridgehead atoms. The van der Waals surface area contributed by atoms with E-state index in [0.29, 0.717) is 24.2 Å². The monoisotopic (exact) mass is 324 g/mol. The summed E-state index contributed by atoms with van der Waals surface area (Å²) in [6.45, 7) is 6.61. The Bertz CT molecular complexity index is 416. The smallest absolute Gasteiger partial charge is 0.410 e. The predicted octanol–water partition coefficient (Wildman–Crippen LogP) is 2.93. The summed E-state index contributed by atoms with van der Waals surface area (Å²) in [5.41, 5.74) is -0.416. The molecule has 2 heterocycles. The first kappa shape index (κ1) is 17.0. The second kappa shape index (κ2) is 6.60. The van der Waals surface area contributed by atoms with Crippen LogP contribution in [-0.2, 0) is 9.47 Å². The Hall–Kier alpha value is -0.810. The first-order valence-corrected chi connectivity index (χ1v) is 9.13. The molecule has 1 N–H and O–H groups in total. The van der Waals surface area contributed by atoms with E-state index in [1.807, 2.05) is 25.7 Å². The number of piperidine rings is 1. The molecular weight excluding hydrogens is 292 g/mol. The number of ether oxygens (including phenoxy) is 2. The second-order valence-electron chi connectivity index (χ2n) is 8.51. The van der Waals surface area contributed by atoms with Gasteiger partial charge in [0.05, 0.1) is 6.61 Å². The number of carbonyl (C=O) groups is 1. The van der Waals surface area contributed by atoms with Gasteiger partial charge in [0, 0.05) is 31.3 Å². The molecule has 1 amide bonds. The number of hydrogen-bond acceptors (Lipinski definition) is 4. The summed E-state index contributed by atoms with van der Waals surface area (Å²) in [6, 6.07) is 1.66. The molecular formula is C18H32N2O3. The lowest BCUT2D eigenvalue weighted by atomic mass is 9.96. The Morgan fingerprint density at radius 1 is 1.17 bits per heavy atom. The second-order valence-corrected chi connectivity index (χ2v) is 8.51. The van der Waals surface area contributed by atoms with Crippen LogP contribution < -0.4 is 5.32 Å². The molecule has 23 heavy (non-hydrogen) atoms. The zero-order valence-corrected chi connectivity index (χ0v) is 15.0. The summed E-state index contributed by atoms with van der Waals surface area (Å²) in [5, 5.41) is 3.82. The summed E-state index contributed by atoms with van der Waals surface area (Å²) < 4.78 is 11.0. The number of fused-ring (bicyclic) bond motifs is 2. The molecule has 2 saturated heterocycles. The van der Waals surface area contributed by atoms with Gasteiger partial charge in [0.2, 0.25) is 0 Å². The van der Waals surface area contributed by atoms with Gasteiger partial charge in [-0.2, -0.15) is 0 Å². The average Bonchev–Trinajstić information content (AvgIpc) is 3.23. The summed E-state index contributed by atoms with van der Waals surface area (Å²) in [4.78, 5) is 14.5. The van der Waals surface area contributed by atoms with Gasteiger partial charge in [-0.25, -0.2) is 4.79 Å². The minimum Gasteiger partial charge on any atom is -0.444 e. The molecule has 5 heteroatoms. The summed E-state index contributed by atoms with van der Waals surface area (Å²) in [5.74, 6) is 0.788. The SMILES string of the molecule is COC[C@@H](NC1C[C@H]2CC[C@@H](C1)N2C(=O)OC(C)(C)C)C1CC1. The van der Waals surface area contributed by atoms with E-state index in [1.54, 1.807) is 7.11 Å². The molecule has 1 aliphatic carbocycles. The van der Waals surface area contributed by atoms with Crippen LogP contribution in [0.3, 0.4) is 0 Å². The summed E-state index contributed by atoms with van der Waals surface area (Å²) in [7, 11) is 1.78. The van der Waals surface area contributed by atoms with Gasteiger partial charge in [-0.15, -0.1) is 0 Å². The Morgan fingerprint density at radius 2 is 1.78 bits per heavy atom. The maximum absolute atomic E-state index is 12.5. The highest BCUT2D eigenvalue weighted by Crippen LogP contribution is 2.38. The third kappa shape index (κ3) is 4.18. The normalized spacial score (nSPS) is 32.0. The van der Waals surface area contributed by atoms with Crippen LogP contribution in [0.2, 0.25) is 0 Å². The minimum atomic E-state index is -0.416. The summed E-state index contributed by atoms with van der Waals surface area (Å²) >= 11 is 0. The zero-order chi connectivity index (χ0) is 16.6. The molecule has 0 aromatic rings. The van der Waals surface area contributed by atoms with Crippen molar-refractivity contribution in [3.05, 3.63) is 0 Å². The van der Waals surface area contributed by atoms with Crippen LogP contribution in [0.1, 0.15) is 59.3 Å². The van der Waals surface area contributed by atoms with E-state index in [2.05, 4.69) is 5.32 Å². The third-order valence-corrected chi connectivity index (χ3v) is 5.32. The van der Waals surface area contributed by atoms with Crippen molar-refractivity contribution in [3.63, 3.8) is 0 Å². The Morgan fingerprint density at radius 3 is 2.26 bits per heavy atom. The molecule has 3 rings (SSSR count). The highest BCUT2D eigenvalue weighted by Gasteiger charge is 2.45. The van der Waals surface area contributed by atoms with Crippen LogP contribution in [0.15, 0.2) is 0 Å². The van der Waals surface area contributed by atoms with Crippen LogP contribution in [0.25, 0.3) is 0 Å². The predicted molar refractivity (Wildman–Crippen MR) is 89.4 cm³/mol. The first-order valence-electron chi connectivity index (χ1n) is 9.13.